The fraction of sp³-hybridized carbons (Fsp3) is 0.417. The van der Waals surface area contributed by atoms with Gasteiger partial charge in [-0.05, 0) is 26.8 Å². The number of aromatic nitrogens is 2. The largest absolute Gasteiger partial charge is 0.466 e. The van der Waals surface area contributed by atoms with Gasteiger partial charge in [0, 0.05) is 12.6 Å². The Morgan fingerprint density at radius 2 is 2.16 bits per heavy atom. The van der Waals surface area contributed by atoms with Crippen LogP contribution in [0.3, 0.4) is 0 Å². The molecule has 7 heteroatoms. The Morgan fingerprint density at radius 1 is 1.42 bits per heavy atom. The fourth-order valence-electron chi connectivity index (χ4n) is 1.83. The molecule has 0 aliphatic rings. The van der Waals surface area contributed by atoms with Crippen LogP contribution < -0.4 is 10.6 Å². The van der Waals surface area contributed by atoms with Crippen molar-refractivity contribution in [2.75, 3.05) is 12.4 Å². The van der Waals surface area contributed by atoms with E-state index in [4.69, 9.17) is 4.42 Å². The Hall–Kier alpha value is -1.89. The summed E-state index contributed by atoms with van der Waals surface area (Å²) in [5, 5.41) is 14.4. The number of furan rings is 1. The van der Waals surface area contributed by atoms with Crippen LogP contribution >= 0.6 is 11.3 Å². The highest BCUT2D eigenvalue weighted by molar-refractivity contribution is 7.17. The maximum Gasteiger partial charge on any atom is 0.282 e. The van der Waals surface area contributed by atoms with Crippen molar-refractivity contribution < 1.29 is 9.21 Å². The van der Waals surface area contributed by atoms with Crippen molar-refractivity contribution in [2.24, 2.45) is 0 Å². The number of aryl methyl sites for hydroxylation is 2. The number of nitrogens with one attached hydrogen (secondary N) is 2. The van der Waals surface area contributed by atoms with Gasteiger partial charge in [-0.1, -0.05) is 11.3 Å². The number of carbonyl (C=O) groups excluding carboxylic acids is 1. The van der Waals surface area contributed by atoms with E-state index in [1.807, 2.05) is 26.8 Å². The van der Waals surface area contributed by atoms with Gasteiger partial charge < -0.3 is 15.1 Å². The maximum atomic E-state index is 12.0. The van der Waals surface area contributed by atoms with Gasteiger partial charge in [-0.25, -0.2) is 0 Å². The molecule has 2 N–H and O–H groups in total. The predicted molar refractivity (Wildman–Crippen MR) is 73.5 cm³/mol. The van der Waals surface area contributed by atoms with E-state index in [9.17, 15) is 4.79 Å². The minimum Gasteiger partial charge on any atom is -0.466 e. The summed E-state index contributed by atoms with van der Waals surface area (Å²) in [6.45, 7) is 5.68. The number of carbonyl (C=O) groups is 1. The molecule has 1 amide bonds. The SMILES string of the molecule is CNc1nnc(C(=O)NC(C)c2cc(C)oc2C)s1. The van der Waals surface area contributed by atoms with E-state index in [2.05, 4.69) is 20.8 Å². The molecule has 2 rings (SSSR count). The van der Waals surface area contributed by atoms with Crippen LogP contribution in [-0.2, 0) is 0 Å². The summed E-state index contributed by atoms with van der Waals surface area (Å²) in [6.07, 6.45) is 0. The summed E-state index contributed by atoms with van der Waals surface area (Å²) in [6, 6.07) is 1.80. The van der Waals surface area contributed by atoms with E-state index in [1.165, 1.54) is 11.3 Å². The Morgan fingerprint density at radius 3 is 2.68 bits per heavy atom. The van der Waals surface area contributed by atoms with Crippen LogP contribution in [0.25, 0.3) is 0 Å². The zero-order valence-corrected chi connectivity index (χ0v) is 12.1. The van der Waals surface area contributed by atoms with Gasteiger partial charge in [0.1, 0.15) is 11.5 Å². The fourth-order valence-corrected chi connectivity index (χ4v) is 2.43. The lowest BCUT2D eigenvalue weighted by Crippen LogP contribution is -2.26. The Labute approximate surface area is 115 Å². The zero-order chi connectivity index (χ0) is 14.0. The first-order valence-corrected chi connectivity index (χ1v) is 6.72. The molecule has 2 aromatic rings. The topological polar surface area (TPSA) is 80.0 Å². The molecule has 0 saturated heterocycles. The second-order valence-electron chi connectivity index (χ2n) is 4.23. The van der Waals surface area contributed by atoms with Gasteiger partial charge in [-0.3, -0.25) is 4.79 Å². The molecule has 0 spiro atoms. The maximum absolute atomic E-state index is 12.0. The lowest BCUT2D eigenvalue weighted by molar-refractivity contribution is 0.0938. The highest BCUT2D eigenvalue weighted by Gasteiger charge is 2.18. The monoisotopic (exact) mass is 280 g/mol. The number of amides is 1. The molecular weight excluding hydrogens is 264 g/mol. The Bertz CT molecular complexity index is 590. The molecule has 1 unspecified atom stereocenters. The van der Waals surface area contributed by atoms with Crippen LogP contribution in [0, 0.1) is 13.8 Å². The number of rotatable bonds is 4. The highest BCUT2D eigenvalue weighted by atomic mass is 32.1. The Balaban J connectivity index is 2.08. The number of nitrogens with zero attached hydrogens (tertiary/aromatic N) is 2. The molecule has 0 saturated carbocycles. The van der Waals surface area contributed by atoms with Gasteiger partial charge in [0.25, 0.3) is 5.91 Å². The quantitative estimate of drug-likeness (QED) is 0.898. The van der Waals surface area contributed by atoms with E-state index in [0.717, 1.165) is 17.1 Å². The van der Waals surface area contributed by atoms with Gasteiger partial charge in [0.05, 0.1) is 6.04 Å². The van der Waals surface area contributed by atoms with Crippen molar-refractivity contribution in [1.29, 1.82) is 0 Å². The van der Waals surface area contributed by atoms with Crippen molar-refractivity contribution in [1.82, 2.24) is 15.5 Å². The molecule has 102 valence electrons. The third-order valence-electron chi connectivity index (χ3n) is 2.73. The van der Waals surface area contributed by atoms with Crippen LogP contribution in [0.1, 0.15) is 39.9 Å². The predicted octanol–water partition coefficient (Wildman–Crippen LogP) is 2.28. The van der Waals surface area contributed by atoms with Crippen LogP contribution in [-0.4, -0.2) is 23.2 Å². The minimum atomic E-state index is -0.232. The molecule has 0 fully saturated rings. The lowest BCUT2D eigenvalue weighted by Gasteiger charge is -2.11. The van der Waals surface area contributed by atoms with Crippen molar-refractivity contribution >= 4 is 22.4 Å². The molecule has 1 atom stereocenters. The first-order chi connectivity index (χ1) is 9.01. The van der Waals surface area contributed by atoms with Crippen LogP contribution in [0.5, 0.6) is 0 Å². The van der Waals surface area contributed by atoms with Gasteiger partial charge in [0.2, 0.25) is 10.1 Å². The number of anilines is 1. The normalized spacial score (nSPS) is 12.2. The van der Waals surface area contributed by atoms with Gasteiger partial charge in [-0.2, -0.15) is 0 Å². The zero-order valence-electron chi connectivity index (χ0n) is 11.3. The summed E-state index contributed by atoms with van der Waals surface area (Å²) in [5.41, 5.74) is 0.976. The third-order valence-corrected chi connectivity index (χ3v) is 3.67. The lowest BCUT2D eigenvalue weighted by atomic mass is 10.1. The minimum absolute atomic E-state index is 0.133. The smallest absolute Gasteiger partial charge is 0.282 e. The van der Waals surface area contributed by atoms with E-state index in [-0.39, 0.29) is 11.9 Å². The first-order valence-electron chi connectivity index (χ1n) is 5.90. The van der Waals surface area contributed by atoms with Crippen molar-refractivity contribution in [3.8, 4) is 0 Å². The average molecular weight is 280 g/mol. The first kappa shape index (κ1) is 13.5. The number of hydrogen-bond donors (Lipinski definition) is 2. The summed E-state index contributed by atoms with van der Waals surface area (Å²) in [7, 11) is 1.74. The van der Waals surface area contributed by atoms with Gasteiger partial charge >= 0.3 is 0 Å². The van der Waals surface area contributed by atoms with E-state index in [0.29, 0.717) is 10.1 Å². The van der Waals surface area contributed by atoms with Crippen molar-refractivity contribution in [3.63, 3.8) is 0 Å². The van der Waals surface area contributed by atoms with Gasteiger partial charge in [-0.15, -0.1) is 10.2 Å². The molecule has 0 aromatic carbocycles. The highest BCUT2D eigenvalue weighted by Crippen LogP contribution is 2.22. The molecule has 6 nitrogen and oxygen atoms in total. The molecule has 0 aliphatic carbocycles. The third kappa shape index (κ3) is 2.93. The van der Waals surface area contributed by atoms with E-state index < -0.39 is 0 Å². The molecule has 0 aliphatic heterocycles. The standard InChI is InChI=1S/C12H16N4O2S/c1-6-5-9(8(3)18-6)7(2)14-10(17)11-15-16-12(13-4)19-11/h5,7H,1-4H3,(H,13,16)(H,14,17). The molecule has 19 heavy (non-hydrogen) atoms. The Kier molecular flexibility index (Phi) is 3.84. The second-order valence-corrected chi connectivity index (χ2v) is 5.20. The summed E-state index contributed by atoms with van der Waals surface area (Å²) in [4.78, 5) is 12.0. The van der Waals surface area contributed by atoms with Crippen molar-refractivity contribution in [2.45, 2.75) is 26.8 Å². The molecule has 0 radical (unpaired) electrons. The molecule has 2 aromatic heterocycles. The van der Waals surface area contributed by atoms with E-state index in [1.54, 1.807) is 7.05 Å². The van der Waals surface area contributed by atoms with Crippen LogP contribution in [0.4, 0.5) is 5.13 Å². The average Bonchev–Trinajstić information content (AvgIpc) is 2.95. The molecular formula is C12H16N4O2S. The summed E-state index contributed by atoms with van der Waals surface area (Å²) < 4.78 is 5.46. The van der Waals surface area contributed by atoms with Crippen LogP contribution in [0.2, 0.25) is 0 Å². The van der Waals surface area contributed by atoms with Crippen molar-refractivity contribution in [3.05, 3.63) is 28.2 Å². The summed E-state index contributed by atoms with van der Waals surface area (Å²) >= 11 is 1.22. The van der Waals surface area contributed by atoms with Crippen LogP contribution in [0.15, 0.2) is 10.5 Å². The second kappa shape index (κ2) is 5.40. The number of hydrogen-bond acceptors (Lipinski definition) is 6. The molecule has 2 heterocycles. The molecule has 0 bridgehead atoms. The van der Waals surface area contributed by atoms with E-state index >= 15 is 0 Å². The van der Waals surface area contributed by atoms with Gasteiger partial charge in [0.15, 0.2) is 0 Å². The summed E-state index contributed by atoms with van der Waals surface area (Å²) in [5.74, 6) is 1.42.